The van der Waals surface area contributed by atoms with Gasteiger partial charge < -0.3 is 10.2 Å². The Bertz CT molecular complexity index is 436. The van der Waals surface area contributed by atoms with E-state index in [9.17, 15) is 9.59 Å². The van der Waals surface area contributed by atoms with Crippen molar-refractivity contribution in [2.75, 3.05) is 24.3 Å². The largest absolute Gasteiger partial charge is 0.375 e. The predicted octanol–water partition coefficient (Wildman–Crippen LogP) is -0.195. The molecule has 1 N–H and O–H groups in total. The molecule has 0 atom stereocenters. The van der Waals surface area contributed by atoms with Crippen molar-refractivity contribution in [2.45, 2.75) is 6.92 Å². The van der Waals surface area contributed by atoms with Crippen LogP contribution in [-0.2, 0) is 11.8 Å². The van der Waals surface area contributed by atoms with Gasteiger partial charge in [-0.3, -0.25) is 9.59 Å². The van der Waals surface area contributed by atoms with Gasteiger partial charge in [0.15, 0.2) is 0 Å². The lowest BCUT2D eigenvalue weighted by atomic mass is 10.3. The van der Waals surface area contributed by atoms with Crippen LogP contribution in [0.1, 0.15) is 6.92 Å². The van der Waals surface area contributed by atoms with E-state index in [2.05, 4.69) is 10.4 Å². The van der Waals surface area contributed by atoms with Crippen molar-refractivity contribution in [2.24, 2.45) is 7.05 Å². The molecule has 6 nitrogen and oxygen atoms in total. The molecule has 15 heavy (non-hydrogen) atoms. The van der Waals surface area contributed by atoms with Gasteiger partial charge in [-0.15, -0.1) is 0 Å². The molecule has 0 spiro atoms. The molecule has 1 heterocycles. The van der Waals surface area contributed by atoms with E-state index in [0.29, 0.717) is 5.69 Å². The summed E-state index contributed by atoms with van der Waals surface area (Å²) in [6, 6.07) is 0. The van der Waals surface area contributed by atoms with Crippen molar-refractivity contribution in [3.05, 3.63) is 16.6 Å². The lowest BCUT2D eigenvalue weighted by Gasteiger charge is -2.16. The van der Waals surface area contributed by atoms with Crippen LogP contribution in [0, 0.1) is 0 Å². The normalized spacial score (nSPS) is 9.87. The maximum Gasteiger partial charge on any atom is 0.292 e. The van der Waals surface area contributed by atoms with Crippen molar-refractivity contribution in [1.82, 2.24) is 9.78 Å². The third kappa shape index (κ3) is 2.34. The Kier molecular flexibility index (Phi) is 3.08. The molecule has 0 aliphatic heterocycles. The highest BCUT2D eigenvalue weighted by Crippen LogP contribution is 2.17. The lowest BCUT2D eigenvalue weighted by Crippen LogP contribution is -2.28. The van der Waals surface area contributed by atoms with Gasteiger partial charge in [-0.05, 0) is 0 Å². The average Bonchev–Trinajstić information content (AvgIpc) is 2.12. The van der Waals surface area contributed by atoms with Crippen LogP contribution in [0.15, 0.2) is 11.0 Å². The average molecular weight is 210 g/mol. The lowest BCUT2D eigenvalue weighted by molar-refractivity contribution is -0.114. The van der Waals surface area contributed by atoms with Gasteiger partial charge in [-0.1, -0.05) is 0 Å². The van der Waals surface area contributed by atoms with Crippen molar-refractivity contribution < 1.29 is 4.79 Å². The first-order valence-electron chi connectivity index (χ1n) is 4.44. The fraction of sp³-hybridized carbons (Fsp3) is 0.444. The molecule has 0 saturated heterocycles. The van der Waals surface area contributed by atoms with Crippen LogP contribution in [0.5, 0.6) is 0 Å². The highest BCUT2D eigenvalue weighted by atomic mass is 16.2. The number of nitrogens with zero attached hydrogens (tertiary/aromatic N) is 3. The summed E-state index contributed by atoms with van der Waals surface area (Å²) in [7, 11) is 5.09. The standard InChI is InChI=1S/C9H14N4O2/c1-6(14)11-8-7(12(2)3)5-10-13(4)9(8)15/h5H,1-4H3,(H,11,14). The maximum absolute atomic E-state index is 11.7. The number of hydrogen-bond acceptors (Lipinski definition) is 4. The first kappa shape index (κ1) is 11.2. The van der Waals surface area contributed by atoms with Crippen molar-refractivity contribution >= 4 is 17.3 Å². The number of carbonyl (C=O) groups is 1. The van der Waals surface area contributed by atoms with Gasteiger partial charge in [0.05, 0.1) is 11.9 Å². The first-order valence-corrected chi connectivity index (χ1v) is 4.44. The molecule has 0 bridgehead atoms. The second kappa shape index (κ2) is 4.12. The number of hydrogen-bond donors (Lipinski definition) is 1. The number of anilines is 2. The molecule has 0 aliphatic carbocycles. The number of aryl methyl sites for hydroxylation is 1. The SMILES string of the molecule is CC(=O)Nc1c(N(C)C)cnn(C)c1=O. The molecule has 1 aromatic heterocycles. The zero-order valence-corrected chi connectivity index (χ0v) is 9.24. The van der Waals surface area contributed by atoms with Gasteiger partial charge in [0.2, 0.25) is 5.91 Å². The molecule has 0 aromatic carbocycles. The van der Waals surface area contributed by atoms with Crippen LogP contribution in [0.4, 0.5) is 11.4 Å². The van der Waals surface area contributed by atoms with E-state index in [1.54, 1.807) is 19.0 Å². The van der Waals surface area contributed by atoms with E-state index in [4.69, 9.17) is 0 Å². The zero-order chi connectivity index (χ0) is 11.6. The van der Waals surface area contributed by atoms with E-state index >= 15 is 0 Å². The highest BCUT2D eigenvalue weighted by molar-refractivity contribution is 5.92. The second-order valence-electron chi connectivity index (χ2n) is 3.41. The summed E-state index contributed by atoms with van der Waals surface area (Å²) in [6.07, 6.45) is 1.53. The topological polar surface area (TPSA) is 67.2 Å². The van der Waals surface area contributed by atoms with Crippen LogP contribution < -0.4 is 15.8 Å². The summed E-state index contributed by atoms with van der Waals surface area (Å²) in [4.78, 5) is 24.4. The summed E-state index contributed by atoms with van der Waals surface area (Å²) in [6.45, 7) is 1.36. The van der Waals surface area contributed by atoms with Crippen molar-refractivity contribution in [1.29, 1.82) is 0 Å². The van der Waals surface area contributed by atoms with Crippen LogP contribution >= 0.6 is 0 Å². The molecule has 0 unspecified atom stereocenters. The third-order valence-corrected chi connectivity index (χ3v) is 1.90. The van der Waals surface area contributed by atoms with E-state index in [-0.39, 0.29) is 17.2 Å². The summed E-state index contributed by atoms with van der Waals surface area (Å²) in [5.41, 5.74) is 0.523. The maximum atomic E-state index is 11.7. The minimum atomic E-state index is -0.323. The summed E-state index contributed by atoms with van der Waals surface area (Å²) < 4.78 is 1.18. The molecular formula is C9H14N4O2. The van der Waals surface area contributed by atoms with Gasteiger partial charge in [-0.2, -0.15) is 5.10 Å². The smallest absolute Gasteiger partial charge is 0.292 e. The molecule has 0 saturated carbocycles. The van der Waals surface area contributed by atoms with E-state index in [1.165, 1.54) is 24.9 Å². The third-order valence-electron chi connectivity index (χ3n) is 1.90. The monoisotopic (exact) mass is 210 g/mol. The van der Waals surface area contributed by atoms with Gasteiger partial charge in [0.1, 0.15) is 5.69 Å². The van der Waals surface area contributed by atoms with Crippen LogP contribution in [0.25, 0.3) is 0 Å². The molecule has 0 radical (unpaired) electrons. The minimum Gasteiger partial charge on any atom is -0.375 e. The summed E-state index contributed by atoms with van der Waals surface area (Å²) >= 11 is 0. The first-order chi connectivity index (χ1) is 6.93. The quantitative estimate of drug-likeness (QED) is 0.734. The number of rotatable bonds is 2. The fourth-order valence-corrected chi connectivity index (χ4v) is 1.16. The van der Waals surface area contributed by atoms with E-state index in [1.807, 2.05) is 0 Å². The van der Waals surface area contributed by atoms with Gasteiger partial charge in [0.25, 0.3) is 5.56 Å². The molecule has 82 valence electrons. The summed E-state index contributed by atoms with van der Waals surface area (Å²) in [5.74, 6) is -0.276. The van der Waals surface area contributed by atoms with Gasteiger partial charge in [0, 0.05) is 28.1 Å². The van der Waals surface area contributed by atoms with Crippen LogP contribution in [-0.4, -0.2) is 29.8 Å². The molecule has 1 aromatic rings. The van der Waals surface area contributed by atoms with E-state index < -0.39 is 0 Å². The second-order valence-corrected chi connectivity index (χ2v) is 3.41. The molecular weight excluding hydrogens is 196 g/mol. The summed E-state index contributed by atoms with van der Waals surface area (Å²) in [5, 5.41) is 6.39. The van der Waals surface area contributed by atoms with Crippen LogP contribution in [0.3, 0.4) is 0 Å². The molecule has 0 fully saturated rings. The highest BCUT2D eigenvalue weighted by Gasteiger charge is 2.12. The Hall–Kier alpha value is -1.85. The fourth-order valence-electron chi connectivity index (χ4n) is 1.16. The molecule has 0 aliphatic rings. The molecule has 1 amide bonds. The Morgan fingerprint density at radius 3 is 2.60 bits per heavy atom. The van der Waals surface area contributed by atoms with Gasteiger partial charge >= 0.3 is 0 Å². The van der Waals surface area contributed by atoms with Crippen molar-refractivity contribution in [3.8, 4) is 0 Å². The number of amides is 1. The Morgan fingerprint density at radius 1 is 1.53 bits per heavy atom. The predicted molar refractivity (Wildman–Crippen MR) is 58.1 cm³/mol. The van der Waals surface area contributed by atoms with Crippen molar-refractivity contribution in [3.63, 3.8) is 0 Å². The molecule has 6 heteroatoms. The number of nitrogens with one attached hydrogen (secondary N) is 1. The Morgan fingerprint density at radius 2 is 2.13 bits per heavy atom. The number of carbonyl (C=O) groups excluding carboxylic acids is 1. The Labute approximate surface area is 87.5 Å². The van der Waals surface area contributed by atoms with E-state index in [0.717, 1.165) is 0 Å². The Balaban J connectivity index is 3.35. The minimum absolute atomic E-state index is 0.255. The number of aromatic nitrogens is 2. The molecule has 1 rings (SSSR count). The zero-order valence-electron chi connectivity index (χ0n) is 9.24. The van der Waals surface area contributed by atoms with Gasteiger partial charge in [-0.25, -0.2) is 4.68 Å². The van der Waals surface area contributed by atoms with Crippen LogP contribution in [0.2, 0.25) is 0 Å².